The molecular formula is C13H10FN3. The van der Waals surface area contributed by atoms with Crippen molar-refractivity contribution in [1.29, 1.82) is 5.26 Å². The van der Waals surface area contributed by atoms with Gasteiger partial charge in [0, 0.05) is 5.56 Å². The minimum absolute atomic E-state index is 0.122. The van der Waals surface area contributed by atoms with Crippen LogP contribution in [0.2, 0.25) is 0 Å². The predicted molar refractivity (Wildman–Crippen MR) is 63.5 cm³/mol. The van der Waals surface area contributed by atoms with Gasteiger partial charge in [-0.1, -0.05) is 12.1 Å². The van der Waals surface area contributed by atoms with Crippen molar-refractivity contribution in [3.63, 3.8) is 0 Å². The number of hydrogen-bond donors (Lipinski definition) is 1. The van der Waals surface area contributed by atoms with Gasteiger partial charge >= 0.3 is 0 Å². The zero-order valence-corrected chi connectivity index (χ0v) is 9.24. The summed E-state index contributed by atoms with van der Waals surface area (Å²) < 4.78 is 13.6. The largest absolute Gasteiger partial charge is 0.383 e. The molecule has 1 aromatic carbocycles. The average Bonchev–Trinajstić information content (AvgIpc) is 2.32. The molecule has 0 unspecified atom stereocenters. The number of nitriles is 1. The molecule has 1 aromatic heterocycles. The first-order chi connectivity index (χ1) is 8.13. The third-order valence-electron chi connectivity index (χ3n) is 2.49. The molecule has 0 fully saturated rings. The highest BCUT2D eigenvalue weighted by molar-refractivity contribution is 5.67. The molecule has 0 aliphatic heterocycles. The number of aromatic nitrogens is 1. The van der Waals surface area contributed by atoms with Crippen LogP contribution in [-0.2, 0) is 0 Å². The molecule has 0 radical (unpaired) electrons. The predicted octanol–water partition coefficient (Wildman–Crippen LogP) is 2.65. The van der Waals surface area contributed by atoms with Crippen molar-refractivity contribution in [3.8, 4) is 17.3 Å². The van der Waals surface area contributed by atoms with Crippen LogP contribution in [0.4, 0.5) is 10.2 Å². The number of pyridine rings is 1. The molecule has 0 aliphatic rings. The topological polar surface area (TPSA) is 62.7 Å². The molecule has 2 rings (SSSR count). The molecule has 2 aromatic rings. The Labute approximate surface area is 98.3 Å². The van der Waals surface area contributed by atoms with Gasteiger partial charge in [-0.25, -0.2) is 9.37 Å². The summed E-state index contributed by atoms with van der Waals surface area (Å²) in [4.78, 5) is 4.09. The zero-order chi connectivity index (χ0) is 12.4. The molecule has 2 N–H and O–H groups in total. The van der Waals surface area contributed by atoms with Crippen molar-refractivity contribution >= 4 is 5.82 Å². The summed E-state index contributed by atoms with van der Waals surface area (Å²) in [6.45, 7) is 1.77. The van der Waals surface area contributed by atoms with Gasteiger partial charge in [-0.15, -0.1) is 0 Å². The third-order valence-corrected chi connectivity index (χ3v) is 2.49. The molecule has 0 saturated carbocycles. The first-order valence-electron chi connectivity index (χ1n) is 5.05. The van der Waals surface area contributed by atoms with Crippen LogP contribution < -0.4 is 5.73 Å². The average molecular weight is 227 g/mol. The van der Waals surface area contributed by atoms with Crippen LogP contribution in [0.15, 0.2) is 30.3 Å². The summed E-state index contributed by atoms with van der Waals surface area (Å²) in [6.07, 6.45) is 0. The van der Waals surface area contributed by atoms with E-state index in [0.29, 0.717) is 16.8 Å². The Balaban J connectivity index is 2.66. The van der Waals surface area contributed by atoms with E-state index < -0.39 is 0 Å². The van der Waals surface area contributed by atoms with Gasteiger partial charge in [-0.05, 0) is 30.7 Å². The number of aryl methyl sites for hydroxylation is 1. The summed E-state index contributed by atoms with van der Waals surface area (Å²) in [6, 6.07) is 9.91. The van der Waals surface area contributed by atoms with Crippen LogP contribution in [0, 0.1) is 24.1 Å². The van der Waals surface area contributed by atoms with Crippen molar-refractivity contribution in [2.75, 3.05) is 5.73 Å². The highest BCUT2D eigenvalue weighted by Gasteiger charge is 2.11. The minimum atomic E-state index is -0.354. The van der Waals surface area contributed by atoms with E-state index in [2.05, 4.69) is 4.98 Å². The quantitative estimate of drug-likeness (QED) is 0.814. The van der Waals surface area contributed by atoms with Gasteiger partial charge in [-0.3, -0.25) is 0 Å². The second-order valence-corrected chi connectivity index (χ2v) is 3.68. The molecule has 0 atom stereocenters. The fourth-order valence-corrected chi connectivity index (χ4v) is 1.64. The smallest absolute Gasteiger partial charge is 0.142 e. The maximum absolute atomic E-state index is 13.6. The minimum Gasteiger partial charge on any atom is -0.383 e. The molecule has 1 heterocycles. The van der Waals surface area contributed by atoms with Crippen LogP contribution in [0.5, 0.6) is 0 Å². The van der Waals surface area contributed by atoms with Crippen molar-refractivity contribution in [3.05, 3.63) is 47.3 Å². The monoisotopic (exact) mass is 227 g/mol. The van der Waals surface area contributed by atoms with Crippen LogP contribution in [0.25, 0.3) is 11.3 Å². The molecule has 0 bridgehead atoms. The molecule has 17 heavy (non-hydrogen) atoms. The van der Waals surface area contributed by atoms with Gasteiger partial charge in [0.2, 0.25) is 0 Å². The summed E-state index contributed by atoms with van der Waals surface area (Å²) >= 11 is 0. The van der Waals surface area contributed by atoms with Crippen molar-refractivity contribution in [2.45, 2.75) is 6.92 Å². The Morgan fingerprint density at radius 3 is 2.71 bits per heavy atom. The molecule has 4 heteroatoms. The molecule has 0 saturated heterocycles. The number of anilines is 1. The van der Waals surface area contributed by atoms with Crippen LogP contribution in [0.1, 0.15) is 11.1 Å². The molecule has 0 amide bonds. The molecule has 3 nitrogen and oxygen atoms in total. The van der Waals surface area contributed by atoms with Crippen LogP contribution >= 0.6 is 0 Å². The lowest BCUT2D eigenvalue weighted by atomic mass is 10.0. The first-order valence-corrected chi connectivity index (χ1v) is 5.05. The Hall–Kier alpha value is -2.41. The second-order valence-electron chi connectivity index (χ2n) is 3.68. The lowest BCUT2D eigenvalue weighted by Crippen LogP contribution is -2.00. The molecule has 0 spiro atoms. The van der Waals surface area contributed by atoms with Crippen LogP contribution in [0.3, 0.4) is 0 Å². The summed E-state index contributed by atoms with van der Waals surface area (Å²) in [5.74, 6) is -0.233. The first kappa shape index (κ1) is 11.1. The number of nitrogens with zero attached hydrogens (tertiary/aromatic N) is 2. The lowest BCUT2D eigenvalue weighted by molar-refractivity contribution is 0.630. The van der Waals surface area contributed by atoms with Crippen molar-refractivity contribution in [2.24, 2.45) is 0 Å². The van der Waals surface area contributed by atoms with Crippen molar-refractivity contribution < 1.29 is 4.39 Å². The summed E-state index contributed by atoms with van der Waals surface area (Å²) in [5, 5.41) is 8.81. The van der Waals surface area contributed by atoms with Gasteiger partial charge in [0.15, 0.2) is 0 Å². The SMILES string of the molecule is Cc1cc(C#N)c(N)nc1-c1ccccc1F. The van der Waals surface area contributed by atoms with Gasteiger partial charge in [0.1, 0.15) is 17.7 Å². The molecular weight excluding hydrogens is 217 g/mol. The standard InChI is InChI=1S/C13H10FN3/c1-8-6-9(7-15)13(16)17-12(8)10-4-2-3-5-11(10)14/h2-6H,1H3,(H2,16,17). The van der Waals surface area contributed by atoms with E-state index in [4.69, 9.17) is 11.0 Å². The van der Waals surface area contributed by atoms with E-state index in [1.165, 1.54) is 6.07 Å². The maximum Gasteiger partial charge on any atom is 0.142 e. The highest BCUT2D eigenvalue weighted by atomic mass is 19.1. The van der Waals surface area contributed by atoms with E-state index in [0.717, 1.165) is 5.56 Å². The number of benzene rings is 1. The Kier molecular flexibility index (Phi) is 2.75. The second kappa shape index (κ2) is 4.22. The third kappa shape index (κ3) is 1.95. The Morgan fingerprint density at radius 2 is 2.06 bits per heavy atom. The number of halogens is 1. The Morgan fingerprint density at radius 1 is 1.35 bits per heavy atom. The number of hydrogen-bond acceptors (Lipinski definition) is 3. The van der Waals surface area contributed by atoms with Gasteiger partial charge in [-0.2, -0.15) is 5.26 Å². The van der Waals surface area contributed by atoms with Gasteiger partial charge in [0.25, 0.3) is 0 Å². The maximum atomic E-state index is 13.6. The molecule has 84 valence electrons. The Bertz CT molecular complexity index is 615. The lowest BCUT2D eigenvalue weighted by Gasteiger charge is -2.08. The van der Waals surface area contributed by atoms with Gasteiger partial charge in [0.05, 0.1) is 11.3 Å². The fraction of sp³-hybridized carbons (Fsp3) is 0.0769. The zero-order valence-electron chi connectivity index (χ0n) is 9.24. The normalized spacial score (nSPS) is 9.94. The highest BCUT2D eigenvalue weighted by Crippen LogP contribution is 2.26. The van der Waals surface area contributed by atoms with Crippen molar-refractivity contribution in [1.82, 2.24) is 4.98 Å². The molecule has 0 aliphatic carbocycles. The van der Waals surface area contributed by atoms with E-state index in [9.17, 15) is 4.39 Å². The van der Waals surface area contributed by atoms with E-state index in [1.807, 2.05) is 6.07 Å². The number of nitrogens with two attached hydrogens (primary N) is 1. The van der Waals surface area contributed by atoms with E-state index in [1.54, 1.807) is 31.2 Å². The summed E-state index contributed by atoms with van der Waals surface area (Å²) in [5.41, 5.74) is 7.52. The number of rotatable bonds is 1. The number of nitrogen functional groups attached to an aromatic ring is 1. The summed E-state index contributed by atoms with van der Waals surface area (Å²) in [7, 11) is 0. The van der Waals surface area contributed by atoms with E-state index >= 15 is 0 Å². The van der Waals surface area contributed by atoms with Crippen LogP contribution in [-0.4, -0.2) is 4.98 Å². The fourth-order valence-electron chi connectivity index (χ4n) is 1.64. The van der Waals surface area contributed by atoms with E-state index in [-0.39, 0.29) is 11.6 Å². The van der Waals surface area contributed by atoms with Gasteiger partial charge < -0.3 is 5.73 Å².